The minimum atomic E-state index is -0.690. The maximum Gasteiger partial charge on any atom is 0.230 e. The van der Waals surface area contributed by atoms with Gasteiger partial charge in [0.15, 0.2) is 0 Å². The summed E-state index contributed by atoms with van der Waals surface area (Å²) in [4.78, 5) is 22.5. The van der Waals surface area contributed by atoms with E-state index in [1.165, 1.54) is 6.07 Å². The molecule has 1 aromatic carbocycles. The first-order chi connectivity index (χ1) is 7.99. The van der Waals surface area contributed by atoms with E-state index >= 15 is 0 Å². The van der Waals surface area contributed by atoms with Crippen LogP contribution < -0.4 is 5.32 Å². The van der Waals surface area contributed by atoms with Crippen molar-refractivity contribution in [2.75, 3.05) is 0 Å². The Morgan fingerprint density at radius 3 is 2.59 bits per heavy atom. The summed E-state index contributed by atoms with van der Waals surface area (Å²) in [7, 11) is 0. The van der Waals surface area contributed by atoms with Gasteiger partial charge in [0, 0.05) is 12.5 Å². The van der Waals surface area contributed by atoms with Gasteiger partial charge in [-0.25, -0.2) is 8.78 Å². The second-order valence-corrected chi connectivity index (χ2v) is 4.18. The third kappa shape index (κ3) is 2.18. The summed E-state index contributed by atoms with van der Waals surface area (Å²) in [5.74, 6) is -3.14. The first-order valence-corrected chi connectivity index (χ1v) is 5.27. The highest BCUT2D eigenvalue weighted by Gasteiger charge is 2.36. The van der Waals surface area contributed by atoms with Gasteiger partial charge < -0.3 is 0 Å². The number of hydrogen-bond donors (Lipinski definition) is 1. The predicted octanol–water partition coefficient (Wildman–Crippen LogP) is 1.73. The molecule has 0 aromatic heterocycles. The molecule has 1 saturated heterocycles. The van der Waals surface area contributed by atoms with E-state index in [-0.39, 0.29) is 17.9 Å². The Kier molecular flexibility index (Phi) is 2.92. The summed E-state index contributed by atoms with van der Waals surface area (Å²) >= 11 is 0. The van der Waals surface area contributed by atoms with Crippen molar-refractivity contribution in [3.8, 4) is 0 Å². The number of halogens is 2. The number of nitrogens with one attached hydrogen (secondary N) is 1. The van der Waals surface area contributed by atoms with Crippen molar-refractivity contribution in [3.63, 3.8) is 0 Å². The lowest BCUT2D eigenvalue weighted by Gasteiger charge is -2.17. The molecule has 1 heterocycles. The number of hydrogen-bond acceptors (Lipinski definition) is 2. The highest BCUT2D eigenvalue weighted by Crippen LogP contribution is 2.31. The van der Waals surface area contributed by atoms with Crippen LogP contribution in [0.2, 0.25) is 0 Å². The molecule has 90 valence electrons. The molecule has 1 aliphatic heterocycles. The normalized spacial score (nSPS) is 21.5. The van der Waals surface area contributed by atoms with Crippen LogP contribution in [-0.2, 0) is 9.59 Å². The van der Waals surface area contributed by atoms with Crippen LogP contribution in [-0.4, -0.2) is 11.8 Å². The molecule has 0 bridgehead atoms. The van der Waals surface area contributed by atoms with Crippen molar-refractivity contribution in [2.24, 2.45) is 5.92 Å². The van der Waals surface area contributed by atoms with Crippen molar-refractivity contribution >= 4 is 11.8 Å². The molecular weight excluding hydrogens is 228 g/mol. The molecule has 2 unspecified atom stereocenters. The van der Waals surface area contributed by atoms with Gasteiger partial charge >= 0.3 is 0 Å². The molecular formula is C12H11F2NO2. The van der Waals surface area contributed by atoms with E-state index in [1.54, 1.807) is 6.92 Å². The van der Waals surface area contributed by atoms with Gasteiger partial charge in [-0.3, -0.25) is 14.9 Å². The van der Waals surface area contributed by atoms with Gasteiger partial charge in [-0.1, -0.05) is 13.0 Å². The Morgan fingerprint density at radius 1 is 1.35 bits per heavy atom. The van der Waals surface area contributed by atoms with E-state index in [0.29, 0.717) is 0 Å². The Bertz CT molecular complexity index is 487. The van der Waals surface area contributed by atoms with Gasteiger partial charge in [-0.15, -0.1) is 0 Å². The fourth-order valence-corrected chi connectivity index (χ4v) is 2.06. The quantitative estimate of drug-likeness (QED) is 0.799. The second-order valence-electron chi connectivity index (χ2n) is 4.18. The SMILES string of the molecule is CC(c1ccc(F)cc1F)C1CC(=O)NC1=O. The monoisotopic (exact) mass is 239 g/mol. The Morgan fingerprint density at radius 2 is 2.06 bits per heavy atom. The van der Waals surface area contributed by atoms with E-state index in [9.17, 15) is 18.4 Å². The van der Waals surface area contributed by atoms with Crippen LogP contribution in [0.25, 0.3) is 0 Å². The molecule has 2 atom stereocenters. The Labute approximate surface area is 96.8 Å². The lowest BCUT2D eigenvalue weighted by Crippen LogP contribution is -2.24. The highest BCUT2D eigenvalue weighted by atomic mass is 19.1. The molecule has 17 heavy (non-hydrogen) atoms. The molecule has 5 heteroatoms. The van der Waals surface area contributed by atoms with Crippen molar-refractivity contribution in [1.82, 2.24) is 5.32 Å². The lowest BCUT2D eigenvalue weighted by atomic mass is 9.86. The number of carbonyl (C=O) groups excluding carboxylic acids is 2. The van der Waals surface area contributed by atoms with Gasteiger partial charge in [-0.2, -0.15) is 0 Å². The fourth-order valence-electron chi connectivity index (χ4n) is 2.06. The molecule has 2 rings (SSSR count). The molecule has 1 aliphatic rings. The van der Waals surface area contributed by atoms with Gasteiger partial charge in [0.1, 0.15) is 11.6 Å². The molecule has 3 nitrogen and oxygen atoms in total. The molecule has 2 amide bonds. The van der Waals surface area contributed by atoms with Gasteiger partial charge in [0.25, 0.3) is 0 Å². The minimum Gasteiger partial charge on any atom is -0.296 e. The van der Waals surface area contributed by atoms with Crippen LogP contribution in [0.4, 0.5) is 8.78 Å². The lowest BCUT2D eigenvalue weighted by molar-refractivity contribution is -0.126. The summed E-state index contributed by atoms with van der Waals surface area (Å²) in [5.41, 5.74) is 0.251. The zero-order valence-corrected chi connectivity index (χ0v) is 9.17. The van der Waals surface area contributed by atoms with Crippen molar-refractivity contribution in [2.45, 2.75) is 19.3 Å². The average molecular weight is 239 g/mol. The molecule has 0 spiro atoms. The van der Waals surface area contributed by atoms with E-state index < -0.39 is 29.4 Å². The largest absolute Gasteiger partial charge is 0.296 e. The molecule has 0 aliphatic carbocycles. The van der Waals surface area contributed by atoms with Crippen LogP contribution in [0.15, 0.2) is 18.2 Å². The highest BCUT2D eigenvalue weighted by molar-refractivity contribution is 6.03. The molecule has 1 fully saturated rings. The zero-order valence-electron chi connectivity index (χ0n) is 9.17. The molecule has 0 saturated carbocycles. The summed E-state index contributed by atoms with van der Waals surface area (Å²) < 4.78 is 26.3. The zero-order chi connectivity index (χ0) is 12.6. The number of carbonyl (C=O) groups is 2. The number of benzene rings is 1. The van der Waals surface area contributed by atoms with Gasteiger partial charge in [0.05, 0.1) is 5.92 Å². The Balaban J connectivity index is 2.28. The van der Waals surface area contributed by atoms with Crippen LogP contribution >= 0.6 is 0 Å². The average Bonchev–Trinajstić information content (AvgIpc) is 2.57. The van der Waals surface area contributed by atoms with Crippen LogP contribution in [0.5, 0.6) is 0 Å². The van der Waals surface area contributed by atoms with Crippen molar-refractivity contribution < 1.29 is 18.4 Å². The first kappa shape index (κ1) is 11.7. The molecule has 1 aromatic rings. The fraction of sp³-hybridized carbons (Fsp3) is 0.333. The number of rotatable bonds is 2. The predicted molar refractivity (Wildman–Crippen MR) is 56.0 cm³/mol. The van der Waals surface area contributed by atoms with Crippen LogP contribution in [0.3, 0.4) is 0 Å². The van der Waals surface area contributed by atoms with E-state index in [0.717, 1.165) is 12.1 Å². The van der Waals surface area contributed by atoms with E-state index in [1.807, 2.05) is 0 Å². The maximum absolute atomic E-state index is 13.5. The summed E-state index contributed by atoms with van der Waals surface area (Å²) in [6, 6.07) is 3.23. The number of amides is 2. The topological polar surface area (TPSA) is 46.2 Å². The Hall–Kier alpha value is -1.78. The van der Waals surface area contributed by atoms with Crippen LogP contribution in [0, 0.1) is 17.6 Å². The van der Waals surface area contributed by atoms with Gasteiger partial charge in [-0.05, 0) is 17.5 Å². The van der Waals surface area contributed by atoms with Crippen molar-refractivity contribution in [3.05, 3.63) is 35.4 Å². The third-order valence-electron chi connectivity index (χ3n) is 3.06. The minimum absolute atomic E-state index is 0.0524. The standard InChI is InChI=1S/C12H11F2NO2/c1-6(9-5-11(16)15-12(9)17)8-3-2-7(13)4-10(8)14/h2-4,6,9H,5H2,1H3,(H,15,16,17). The van der Waals surface area contributed by atoms with E-state index in [4.69, 9.17) is 0 Å². The maximum atomic E-state index is 13.5. The smallest absolute Gasteiger partial charge is 0.230 e. The van der Waals surface area contributed by atoms with Crippen LogP contribution in [0.1, 0.15) is 24.8 Å². The summed E-state index contributed by atoms with van der Waals surface area (Å²) in [5, 5.41) is 2.17. The van der Waals surface area contributed by atoms with Gasteiger partial charge in [0.2, 0.25) is 11.8 Å². The number of imide groups is 1. The van der Waals surface area contributed by atoms with Crippen molar-refractivity contribution in [1.29, 1.82) is 0 Å². The molecule has 1 N–H and O–H groups in total. The summed E-state index contributed by atoms with van der Waals surface area (Å²) in [6.07, 6.45) is 0.0524. The van der Waals surface area contributed by atoms with E-state index in [2.05, 4.69) is 5.32 Å². The molecule has 0 radical (unpaired) electrons. The summed E-state index contributed by atoms with van der Waals surface area (Å²) in [6.45, 7) is 1.65. The third-order valence-corrected chi connectivity index (χ3v) is 3.06. The second kappa shape index (κ2) is 4.24. The first-order valence-electron chi connectivity index (χ1n) is 5.27.